The van der Waals surface area contributed by atoms with Crippen molar-refractivity contribution in [2.24, 2.45) is 5.41 Å². The standard InChI is InChI=1S/C14H18ClF3N4/c1-12(2)4-5-13(14(16,17)18)6-7(13)20-10-8(12)9(19-3)21-11(15)22-10/h7H,4-6H2,1-3H3,(H2,19,20,21,22). The number of halogens is 4. The zero-order valence-electron chi connectivity index (χ0n) is 12.6. The Morgan fingerprint density at radius 3 is 2.55 bits per heavy atom. The van der Waals surface area contributed by atoms with Crippen molar-refractivity contribution in [2.75, 3.05) is 17.7 Å². The Labute approximate surface area is 131 Å². The van der Waals surface area contributed by atoms with E-state index in [1.54, 1.807) is 7.05 Å². The molecule has 8 heteroatoms. The maximum atomic E-state index is 13.4. The molecule has 2 heterocycles. The minimum absolute atomic E-state index is 0.0187. The van der Waals surface area contributed by atoms with Gasteiger partial charge in [-0.2, -0.15) is 13.2 Å². The van der Waals surface area contributed by atoms with Crippen LogP contribution in [0.2, 0.25) is 5.28 Å². The lowest BCUT2D eigenvalue weighted by Crippen LogP contribution is -2.36. The average molecular weight is 335 g/mol. The van der Waals surface area contributed by atoms with Crippen LogP contribution in [0.3, 0.4) is 0 Å². The van der Waals surface area contributed by atoms with Crippen LogP contribution < -0.4 is 10.6 Å². The van der Waals surface area contributed by atoms with Crippen LogP contribution in [0.1, 0.15) is 38.7 Å². The largest absolute Gasteiger partial charge is 0.396 e. The van der Waals surface area contributed by atoms with Crippen molar-refractivity contribution in [3.8, 4) is 0 Å². The lowest BCUT2D eigenvalue weighted by atomic mass is 9.76. The van der Waals surface area contributed by atoms with Gasteiger partial charge in [0.2, 0.25) is 5.28 Å². The number of alkyl halides is 3. The molecule has 1 aliphatic heterocycles. The molecule has 1 aliphatic carbocycles. The molecule has 1 aromatic rings. The van der Waals surface area contributed by atoms with E-state index in [-0.39, 0.29) is 18.1 Å². The fourth-order valence-corrected chi connectivity index (χ4v) is 3.58. The van der Waals surface area contributed by atoms with Gasteiger partial charge in [-0.05, 0) is 36.3 Å². The highest BCUT2D eigenvalue weighted by Gasteiger charge is 2.71. The fourth-order valence-electron chi connectivity index (χ4n) is 3.41. The van der Waals surface area contributed by atoms with Gasteiger partial charge in [0.25, 0.3) is 0 Å². The van der Waals surface area contributed by atoms with Crippen molar-refractivity contribution >= 4 is 23.2 Å². The average Bonchev–Trinajstić information content (AvgIpc) is 3.08. The van der Waals surface area contributed by atoms with E-state index in [1.807, 2.05) is 13.8 Å². The maximum Gasteiger partial charge on any atom is 0.396 e. The second kappa shape index (κ2) is 4.63. The van der Waals surface area contributed by atoms with E-state index in [2.05, 4.69) is 20.6 Å². The van der Waals surface area contributed by atoms with Gasteiger partial charge in [-0.1, -0.05) is 13.8 Å². The van der Waals surface area contributed by atoms with E-state index in [0.717, 1.165) is 5.56 Å². The minimum atomic E-state index is -4.21. The molecule has 2 N–H and O–H groups in total. The topological polar surface area (TPSA) is 49.8 Å². The highest BCUT2D eigenvalue weighted by atomic mass is 35.5. The van der Waals surface area contributed by atoms with Gasteiger partial charge >= 0.3 is 6.18 Å². The van der Waals surface area contributed by atoms with Gasteiger partial charge in [0.1, 0.15) is 11.6 Å². The van der Waals surface area contributed by atoms with Gasteiger partial charge in [0.05, 0.1) is 5.41 Å². The van der Waals surface area contributed by atoms with E-state index < -0.39 is 23.0 Å². The summed E-state index contributed by atoms with van der Waals surface area (Å²) in [6.07, 6.45) is -3.60. The zero-order chi connectivity index (χ0) is 16.3. The molecule has 0 aromatic carbocycles. The number of anilines is 2. The van der Waals surface area contributed by atoms with Crippen molar-refractivity contribution < 1.29 is 13.2 Å². The number of hydrogen-bond acceptors (Lipinski definition) is 4. The van der Waals surface area contributed by atoms with Crippen molar-refractivity contribution in [3.05, 3.63) is 10.8 Å². The molecule has 1 aromatic heterocycles. The molecule has 22 heavy (non-hydrogen) atoms. The molecular formula is C14H18ClF3N4. The Bertz CT molecular complexity index is 617. The Balaban J connectivity index is 2.10. The summed E-state index contributed by atoms with van der Waals surface area (Å²) in [5.41, 5.74) is -1.34. The third-order valence-electron chi connectivity index (χ3n) is 4.94. The molecule has 4 nitrogen and oxygen atoms in total. The van der Waals surface area contributed by atoms with Crippen LogP contribution in [0.25, 0.3) is 0 Å². The molecule has 0 bridgehead atoms. The van der Waals surface area contributed by atoms with Crippen molar-refractivity contribution in [3.63, 3.8) is 0 Å². The third kappa shape index (κ3) is 2.21. The molecule has 3 rings (SSSR count). The minimum Gasteiger partial charge on any atom is -0.373 e. The molecule has 0 radical (unpaired) electrons. The summed E-state index contributed by atoms with van der Waals surface area (Å²) >= 11 is 5.91. The SMILES string of the molecule is CNc1nc(Cl)nc2c1C(C)(C)CCC1(C(F)(F)F)CC1N2. The first-order valence-electron chi connectivity index (χ1n) is 7.20. The molecule has 2 atom stereocenters. The van der Waals surface area contributed by atoms with E-state index in [9.17, 15) is 13.2 Å². The quantitative estimate of drug-likeness (QED) is 0.763. The zero-order valence-corrected chi connectivity index (χ0v) is 13.4. The Kier molecular flexibility index (Phi) is 3.29. The van der Waals surface area contributed by atoms with Crippen molar-refractivity contribution in [2.45, 2.75) is 50.7 Å². The second-order valence-electron chi connectivity index (χ2n) is 6.75. The molecule has 122 valence electrons. The summed E-state index contributed by atoms with van der Waals surface area (Å²) in [5, 5.41) is 5.95. The second-order valence-corrected chi connectivity index (χ2v) is 7.09. The Morgan fingerprint density at radius 2 is 1.95 bits per heavy atom. The van der Waals surface area contributed by atoms with Gasteiger partial charge in [0.15, 0.2) is 0 Å². The normalized spacial score (nSPS) is 29.5. The number of nitrogens with one attached hydrogen (secondary N) is 2. The maximum absolute atomic E-state index is 13.4. The summed E-state index contributed by atoms with van der Waals surface area (Å²) in [7, 11) is 1.71. The summed E-state index contributed by atoms with van der Waals surface area (Å²) in [4.78, 5) is 8.30. The molecule has 1 saturated carbocycles. The van der Waals surface area contributed by atoms with Crippen LogP contribution in [0.4, 0.5) is 24.8 Å². The van der Waals surface area contributed by atoms with Crippen LogP contribution >= 0.6 is 11.6 Å². The van der Waals surface area contributed by atoms with E-state index in [0.29, 0.717) is 18.1 Å². The van der Waals surface area contributed by atoms with Gasteiger partial charge in [0, 0.05) is 18.7 Å². The van der Waals surface area contributed by atoms with Gasteiger partial charge in [-0.25, -0.2) is 9.97 Å². The van der Waals surface area contributed by atoms with Crippen molar-refractivity contribution in [1.82, 2.24) is 9.97 Å². The molecule has 0 saturated heterocycles. The van der Waals surface area contributed by atoms with E-state index in [1.165, 1.54) is 0 Å². The summed E-state index contributed by atoms with van der Waals surface area (Å²) in [6.45, 7) is 3.83. The predicted octanol–water partition coefficient (Wildman–Crippen LogP) is 3.98. The van der Waals surface area contributed by atoms with Crippen molar-refractivity contribution in [1.29, 1.82) is 0 Å². The fraction of sp³-hybridized carbons (Fsp3) is 0.714. The van der Waals surface area contributed by atoms with Gasteiger partial charge < -0.3 is 10.6 Å². The van der Waals surface area contributed by atoms with E-state index >= 15 is 0 Å². The molecule has 0 amide bonds. The monoisotopic (exact) mass is 334 g/mol. The van der Waals surface area contributed by atoms with Crippen LogP contribution in [0.5, 0.6) is 0 Å². The molecule has 2 aliphatic rings. The lowest BCUT2D eigenvalue weighted by molar-refractivity contribution is -0.191. The predicted molar refractivity (Wildman–Crippen MR) is 79.4 cm³/mol. The highest BCUT2D eigenvalue weighted by molar-refractivity contribution is 6.28. The van der Waals surface area contributed by atoms with Gasteiger partial charge in [-0.3, -0.25) is 0 Å². The first-order valence-corrected chi connectivity index (χ1v) is 7.57. The molecule has 2 unspecified atom stereocenters. The van der Waals surface area contributed by atoms with Crippen LogP contribution in [0, 0.1) is 5.41 Å². The number of fused-ring (bicyclic) bond motifs is 2. The third-order valence-corrected chi connectivity index (χ3v) is 5.11. The first kappa shape index (κ1) is 15.6. The summed E-state index contributed by atoms with van der Waals surface area (Å²) in [6, 6.07) is -0.641. The first-order chi connectivity index (χ1) is 10.1. The molecular weight excluding hydrogens is 317 g/mol. The van der Waals surface area contributed by atoms with Crippen LogP contribution in [0.15, 0.2) is 0 Å². The molecule has 0 spiro atoms. The highest BCUT2D eigenvalue weighted by Crippen LogP contribution is 2.63. The number of hydrogen-bond donors (Lipinski definition) is 2. The number of rotatable bonds is 1. The molecule has 1 fully saturated rings. The van der Waals surface area contributed by atoms with Crippen LogP contribution in [-0.4, -0.2) is 29.2 Å². The van der Waals surface area contributed by atoms with Gasteiger partial charge in [-0.15, -0.1) is 0 Å². The summed E-state index contributed by atoms with van der Waals surface area (Å²) < 4.78 is 40.3. The lowest BCUT2D eigenvalue weighted by Gasteiger charge is -2.34. The van der Waals surface area contributed by atoms with E-state index in [4.69, 9.17) is 11.6 Å². The number of nitrogens with zero attached hydrogens (tertiary/aromatic N) is 2. The Morgan fingerprint density at radius 1 is 1.27 bits per heavy atom. The summed E-state index contributed by atoms with van der Waals surface area (Å²) in [5.74, 6) is 0.970. The Hall–Kier alpha value is -1.24. The van der Waals surface area contributed by atoms with Crippen LogP contribution in [-0.2, 0) is 5.41 Å². The smallest absolute Gasteiger partial charge is 0.373 e. The number of aromatic nitrogens is 2.